The van der Waals surface area contributed by atoms with Crippen molar-refractivity contribution in [1.29, 1.82) is 0 Å². The van der Waals surface area contributed by atoms with Gasteiger partial charge < -0.3 is 5.73 Å². The summed E-state index contributed by atoms with van der Waals surface area (Å²) < 4.78 is 13.3. The second-order valence-corrected chi connectivity index (χ2v) is 4.99. The minimum atomic E-state index is -0.229. The zero-order valence-corrected chi connectivity index (χ0v) is 10.8. The monoisotopic (exact) mass is 250 g/mol. The lowest BCUT2D eigenvalue weighted by Crippen LogP contribution is -1.96. The second kappa shape index (κ2) is 4.94. The normalized spacial score (nSPS) is 10.8. The van der Waals surface area contributed by atoms with Crippen LogP contribution in [0.3, 0.4) is 0 Å². The Morgan fingerprint density at radius 3 is 2.76 bits per heavy atom. The highest BCUT2D eigenvalue weighted by atomic mass is 32.1. The Morgan fingerprint density at radius 2 is 2.18 bits per heavy atom. The number of benzene rings is 1. The van der Waals surface area contributed by atoms with Gasteiger partial charge >= 0.3 is 0 Å². The summed E-state index contributed by atoms with van der Waals surface area (Å²) in [4.78, 5) is 5.63. The number of nitrogens with zero attached hydrogens (tertiary/aromatic N) is 1. The number of hydrogen-bond donors (Lipinski definition) is 1. The summed E-state index contributed by atoms with van der Waals surface area (Å²) in [6.45, 7) is 4.51. The molecule has 0 fully saturated rings. The van der Waals surface area contributed by atoms with Crippen molar-refractivity contribution >= 4 is 11.3 Å². The summed E-state index contributed by atoms with van der Waals surface area (Å²) in [5.41, 5.74) is 8.61. The van der Waals surface area contributed by atoms with Crippen LogP contribution in [0.5, 0.6) is 0 Å². The minimum Gasteiger partial charge on any atom is -0.326 e. The van der Waals surface area contributed by atoms with Crippen LogP contribution >= 0.6 is 11.3 Å². The van der Waals surface area contributed by atoms with Crippen LogP contribution in [0.15, 0.2) is 18.2 Å². The molecule has 17 heavy (non-hydrogen) atoms. The van der Waals surface area contributed by atoms with E-state index in [0.29, 0.717) is 6.54 Å². The first-order valence-electron chi connectivity index (χ1n) is 5.60. The van der Waals surface area contributed by atoms with E-state index in [2.05, 4.69) is 11.9 Å². The number of thiazole rings is 1. The van der Waals surface area contributed by atoms with Gasteiger partial charge in [-0.25, -0.2) is 9.37 Å². The van der Waals surface area contributed by atoms with Gasteiger partial charge in [0.25, 0.3) is 0 Å². The SMILES string of the molecule is CCc1nc(-c2cc(F)ccc2C)sc1CN. The van der Waals surface area contributed by atoms with Gasteiger partial charge in [-0.05, 0) is 31.0 Å². The van der Waals surface area contributed by atoms with Crippen molar-refractivity contribution < 1.29 is 4.39 Å². The standard InChI is InChI=1S/C13H15FN2S/c1-3-11-12(7-15)17-13(16-11)10-6-9(14)5-4-8(10)2/h4-6H,3,7,15H2,1-2H3. The molecule has 0 spiro atoms. The summed E-state index contributed by atoms with van der Waals surface area (Å²) in [5, 5.41) is 0.860. The van der Waals surface area contributed by atoms with Gasteiger partial charge in [-0.15, -0.1) is 11.3 Å². The molecule has 90 valence electrons. The van der Waals surface area contributed by atoms with Crippen molar-refractivity contribution in [2.75, 3.05) is 0 Å². The van der Waals surface area contributed by atoms with E-state index in [0.717, 1.165) is 33.1 Å². The van der Waals surface area contributed by atoms with Gasteiger partial charge in [-0.2, -0.15) is 0 Å². The van der Waals surface area contributed by atoms with E-state index in [1.807, 2.05) is 6.92 Å². The zero-order chi connectivity index (χ0) is 12.4. The number of aryl methyl sites for hydroxylation is 2. The predicted octanol–water partition coefficient (Wildman–Crippen LogP) is 3.28. The second-order valence-electron chi connectivity index (χ2n) is 3.91. The molecule has 0 radical (unpaired) electrons. The quantitative estimate of drug-likeness (QED) is 0.908. The lowest BCUT2D eigenvalue weighted by Gasteiger charge is -2.01. The van der Waals surface area contributed by atoms with Crippen molar-refractivity contribution in [1.82, 2.24) is 4.98 Å². The summed E-state index contributed by atoms with van der Waals surface area (Å²) in [5.74, 6) is -0.229. The molecule has 0 aliphatic rings. The Bertz CT molecular complexity index is 513. The molecule has 1 heterocycles. The number of halogens is 1. The van der Waals surface area contributed by atoms with Gasteiger partial charge in [0.15, 0.2) is 0 Å². The largest absolute Gasteiger partial charge is 0.326 e. The fourth-order valence-electron chi connectivity index (χ4n) is 1.76. The molecular formula is C13H15FN2S. The molecule has 0 aliphatic heterocycles. The molecule has 2 rings (SSSR count). The van der Waals surface area contributed by atoms with E-state index in [-0.39, 0.29) is 5.82 Å². The van der Waals surface area contributed by atoms with E-state index in [4.69, 9.17) is 5.73 Å². The van der Waals surface area contributed by atoms with Gasteiger partial charge in [-0.1, -0.05) is 13.0 Å². The summed E-state index contributed by atoms with van der Waals surface area (Å²) >= 11 is 1.56. The van der Waals surface area contributed by atoms with Crippen molar-refractivity contribution in [3.63, 3.8) is 0 Å². The number of hydrogen-bond acceptors (Lipinski definition) is 3. The molecule has 0 saturated carbocycles. The van der Waals surface area contributed by atoms with Crippen LogP contribution in [0.2, 0.25) is 0 Å². The third-order valence-electron chi connectivity index (χ3n) is 2.73. The average molecular weight is 250 g/mol. The molecule has 0 atom stereocenters. The number of nitrogens with two attached hydrogens (primary N) is 1. The Morgan fingerprint density at radius 1 is 1.41 bits per heavy atom. The molecule has 2 nitrogen and oxygen atoms in total. The third kappa shape index (κ3) is 2.37. The van der Waals surface area contributed by atoms with Gasteiger partial charge in [0.1, 0.15) is 10.8 Å². The molecule has 4 heteroatoms. The maximum absolute atomic E-state index is 13.3. The zero-order valence-electron chi connectivity index (χ0n) is 9.96. The topological polar surface area (TPSA) is 38.9 Å². The van der Waals surface area contributed by atoms with Crippen molar-refractivity contribution in [2.24, 2.45) is 5.73 Å². The molecular weight excluding hydrogens is 235 g/mol. The summed E-state index contributed by atoms with van der Waals surface area (Å²) in [6, 6.07) is 4.78. The Kier molecular flexibility index (Phi) is 3.54. The predicted molar refractivity (Wildman–Crippen MR) is 69.5 cm³/mol. The molecule has 2 aromatic rings. The first-order chi connectivity index (χ1) is 8.15. The van der Waals surface area contributed by atoms with Gasteiger partial charge in [0, 0.05) is 17.0 Å². The van der Waals surface area contributed by atoms with Crippen LogP contribution in [0.1, 0.15) is 23.1 Å². The fourth-order valence-corrected chi connectivity index (χ4v) is 2.87. The van der Waals surface area contributed by atoms with Crippen LogP contribution in [-0.2, 0) is 13.0 Å². The number of aromatic nitrogens is 1. The Balaban J connectivity index is 2.52. The molecule has 0 amide bonds. The van der Waals surface area contributed by atoms with Crippen molar-refractivity contribution in [3.8, 4) is 10.6 Å². The van der Waals surface area contributed by atoms with Gasteiger partial charge in [0.05, 0.1) is 5.69 Å². The van der Waals surface area contributed by atoms with E-state index in [1.165, 1.54) is 12.1 Å². The Labute approximate surface area is 104 Å². The molecule has 0 unspecified atom stereocenters. The molecule has 0 aliphatic carbocycles. The Hall–Kier alpha value is -1.26. The van der Waals surface area contributed by atoms with Crippen LogP contribution in [-0.4, -0.2) is 4.98 Å². The van der Waals surface area contributed by atoms with E-state index < -0.39 is 0 Å². The van der Waals surface area contributed by atoms with E-state index in [1.54, 1.807) is 17.4 Å². The maximum Gasteiger partial charge on any atom is 0.124 e. The maximum atomic E-state index is 13.3. The van der Waals surface area contributed by atoms with Crippen molar-refractivity contribution in [2.45, 2.75) is 26.8 Å². The highest BCUT2D eigenvalue weighted by molar-refractivity contribution is 7.15. The van der Waals surface area contributed by atoms with Gasteiger partial charge in [-0.3, -0.25) is 0 Å². The van der Waals surface area contributed by atoms with Crippen molar-refractivity contribution in [3.05, 3.63) is 40.2 Å². The average Bonchev–Trinajstić information content (AvgIpc) is 2.75. The lowest BCUT2D eigenvalue weighted by atomic mass is 10.1. The highest BCUT2D eigenvalue weighted by Crippen LogP contribution is 2.30. The van der Waals surface area contributed by atoms with Crippen LogP contribution < -0.4 is 5.73 Å². The first kappa shape index (κ1) is 12.2. The summed E-state index contributed by atoms with van der Waals surface area (Å²) in [6.07, 6.45) is 0.859. The molecule has 0 saturated heterocycles. The van der Waals surface area contributed by atoms with Crippen LogP contribution in [0, 0.1) is 12.7 Å². The summed E-state index contributed by atoms with van der Waals surface area (Å²) in [7, 11) is 0. The smallest absolute Gasteiger partial charge is 0.124 e. The third-order valence-corrected chi connectivity index (χ3v) is 3.88. The van der Waals surface area contributed by atoms with E-state index >= 15 is 0 Å². The van der Waals surface area contributed by atoms with E-state index in [9.17, 15) is 4.39 Å². The van der Waals surface area contributed by atoms with Crippen LogP contribution in [0.25, 0.3) is 10.6 Å². The highest BCUT2D eigenvalue weighted by Gasteiger charge is 2.12. The molecule has 1 aromatic heterocycles. The lowest BCUT2D eigenvalue weighted by molar-refractivity contribution is 0.628. The first-order valence-corrected chi connectivity index (χ1v) is 6.42. The molecule has 0 bridgehead atoms. The number of rotatable bonds is 3. The molecule has 1 aromatic carbocycles. The molecule has 2 N–H and O–H groups in total. The minimum absolute atomic E-state index is 0.229. The van der Waals surface area contributed by atoms with Gasteiger partial charge in [0.2, 0.25) is 0 Å². The fraction of sp³-hybridized carbons (Fsp3) is 0.308. The van der Waals surface area contributed by atoms with Crippen LogP contribution in [0.4, 0.5) is 4.39 Å².